The summed E-state index contributed by atoms with van der Waals surface area (Å²) in [5.41, 5.74) is 7.00. The standard InChI is InChI=1S/C32H35N3O6/c1-22-29(39-2)18-26(19-30(22)40-3)32(37)41-17-16-35(15-14-25-20-33-28-7-5-4-6-27(25)28)21-24-10-8-23(9-11-24)12-13-31(36)34-38/h4-13,18-20,33,38H,14-17,21H2,1-3H3,(H,34,36)/b13-12+. The van der Waals surface area contributed by atoms with Crippen LogP contribution in [0.3, 0.4) is 0 Å². The van der Waals surface area contributed by atoms with Crippen LogP contribution < -0.4 is 15.0 Å². The Labute approximate surface area is 239 Å². The molecule has 0 unspecified atom stereocenters. The summed E-state index contributed by atoms with van der Waals surface area (Å²) in [7, 11) is 3.11. The fraction of sp³-hybridized carbons (Fsp3) is 0.250. The van der Waals surface area contributed by atoms with Crippen molar-refractivity contribution < 1.29 is 29.0 Å². The van der Waals surface area contributed by atoms with Gasteiger partial charge in [-0.15, -0.1) is 0 Å². The highest BCUT2D eigenvalue weighted by Crippen LogP contribution is 2.29. The van der Waals surface area contributed by atoms with Gasteiger partial charge in [0.05, 0.1) is 19.8 Å². The first-order valence-corrected chi connectivity index (χ1v) is 13.3. The van der Waals surface area contributed by atoms with Gasteiger partial charge < -0.3 is 19.2 Å². The second-order valence-corrected chi connectivity index (χ2v) is 9.58. The van der Waals surface area contributed by atoms with Crippen molar-refractivity contribution in [3.8, 4) is 11.5 Å². The van der Waals surface area contributed by atoms with Gasteiger partial charge in [0.15, 0.2) is 0 Å². The smallest absolute Gasteiger partial charge is 0.338 e. The molecule has 0 spiro atoms. The number of hydrogen-bond acceptors (Lipinski definition) is 7. The van der Waals surface area contributed by atoms with Gasteiger partial charge in [0, 0.05) is 48.4 Å². The second-order valence-electron chi connectivity index (χ2n) is 9.58. The summed E-state index contributed by atoms with van der Waals surface area (Å²) in [5.74, 6) is 0.0923. The van der Waals surface area contributed by atoms with E-state index in [1.165, 1.54) is 17.0 Å². The van der Waals surface area contributed by atoms with E-state index in [1.54, 1.807) is 37.9 Å². The fourth-order valence-electron chi connectivity index (χ4n) is 4.64. The number of fused-ring (bicyclic) bond motifs is 1. The molecule has 4 aromatic rings. The van der Waals surface area contributed by atoms with Crippen molar-refractivity contribution in [1.82, 2.24) is 15.4 Å². The molecule has 214 valence electrons. The Morgan fingerprint density at radius 3 is 2.39 bits per heavy atom. The lowest BCUT2D eigenvalue weighted by molar-refractivity contribution is -0.124. The van der Waals surface area contributed by atoms with Gasteiger partial charge in [-0.3, -0.25) is 14.9 Å². The Kier molecular flexibility index (Phi) is 10.1. The van der Waals surface area contributed by atoms with Crippen molar-refractivity contribution in [3.63, 3.8) is 0 Å². The summed E-state index contributed by atoms with van der Waals surface area (Å²) in [4.78, 5) is 29.7. The number of nitrogens with one attached hydrogen (secondary N) is 2. The molecule has 0 saturated heterocycles. The zero-order valence-electron chi connectivity index (χ0n) is 23.5. The Morgan fingerprint density at radius 1 is 1.00 bits per heavy atom. The molecule has 0 aliphatic rings. The fourth-order valence-corrected chi connectivity index (χ4v) is 4.64. The quantitative estimate of drug-likeness (QED) is 0.0926. The van der Waals surface area contributed by atoms with Gasteiger partial charge in [0.25, 0.3) is 5.91 Å². The molecular weight excluding hydrogens is 522 g/mol. The number of methoxy groups -OCH3 is 2. The van der Waals surface area contributed by atoms with Crippen molar-refractivity contribution in [2.75, 3.05) is 33.9 Å². The highest BCUT2D eigenvalue weighted by molar-refractivity contribution is 5.91. The minimum Gasteiger partial charge on any atom is -0.496 e. The maximum atomic E-state index is 12.9. The predicted octanol–water partition coefficient (Wildman–Crippen LogP) is 4.91. The number of rotatable bonds is 13. The SMILES string of the molecule is COc1cc(C(=O)OCCN(CCc2c[nH]c3ccccc23)Cc2ccc(/C=C/C(=O)NO)cc2)cc(OC)c1C. The Morgan fingerprint density at radius 2 is 1.71 bits per heavy atom. The number of H-pyrrole nitrogens is 1. The summed E-state index contributed by atoms with van der Waals surface area (Å²) < 4.78 is 16.4. The van der Waals surface area contributed by atoms with Crippen LogP contribution in [0, 0.1) is 6.92 Å². The van der Waals surface area contributed by atoms with E-state index in [4.69, 9.17) is 19.4 Å². The van der Waals surface area contributed by atoms with Crippen LogP contribution in [0.25, 0.3) is 17.0 Å². The summed E-state index contributed by atoms with van der Waals surface area (Å²) in [6.07, 6.45) is 5.75. The molecule has 0 fully saturated rings. The third-order valence-electron chi connectivity index (χ3n) is 6.92. The zero-order valence-corrected chi connectivity index (χ0v) is 23.5. The lowest BCUT2D eigenvalue weighted by Crippen LogP contribution is -2.30. The van der Waals surface area contributed by atoms with Gasteiger partial charge in [0.2, 0.25) is 0 Å². The van der Waals surface area contributed by atoms with Crippen molar-refractivity contribution >= 4 is 28.9 Å². The van der Waals surface area contributed by atoms with Crippen molar-refractivity contribution in [3.05, 3.63) is 101 Å². The third-order valence-corrected chi connectivity index (χ3v) is 6.92. The van der Waals surface area contributed by atoms with E-state index in [1.807, 2.05) is 49.5 Å². The molecule has 0 aliphatic heterocycles. The lowest BCUT2D eigenvalue weighted by atomic mass is 10.1. The van der Waals surface area contributed by atoms with Crippen LogP contribution in [-0.4, -0.2) is 60.9 Å². The molecule has 1 amide bonds. The Hall–Kier alpha value is -4.60. The number of hydrogen-bond donors (Lipinski definition) is 3. The molecule has 9 heteroatoms. The molecule has 41 heavy (non-hydrogen) atoms. The van der Waals surface area contributed by atoms with E-state index >= 15 is 0 Å². The second kappa shape index (κ2) is 14.2. The number of carbonyl (C=O) groups is 2. The molecular formula is C32H35N3O6. The summed E-state index contributed by atoms with van der Waals surface area (Å²) >= 11 is 0. The molecule has 0 atom stereocenters. The number of nitrogens with zero attached hydrogens (tertiary/aromatic N) is 1. The Bertz CT molecular complexity index is 1480. The number of carbonyl (C=O) groups excluding carboxylic acids is 2. The van der Waals surface area contributed by atoms with E-state index in [0.717, 1.165) is 35.2 Å². The molecule has 3 aromatic carbocycles. The monoisotopic (exact) mass is 557 g/mol. The first kappa shape index (κ1) is 29.4. The molecule has 0 saturated carbocycles. The Balaban J connectivity index is 1.44. The number of amides is 1. The summed E-state index contributed by atoms with van der Waals surface area (Å²) in [6, 6.07) is 19.3. The van der Waals surface area contributed by atoms with Crippen LogP contribution in [0.1, 0.15) is 32.6 Å². The number of ether oxygens (including phenoxy) is 3. The number of esters is 1. The molecule has 1 aromatic heterocycles. The topological polar surface area (TPSA) is 113 Å². The largest absolute Gasteiger partial charge is 0.496 e. The molecule has 0 bridgehead atoms. The van der Waals surface area contributed by atoms with E-state index in [0.29, 0.717) is 30.2 Å². The van der Waals surface area contributed by atoms with Crippen LogP contribution in [0.4, 0.5) is 0 Å². The van der Waals surface area contributed by atoms with Crippen LogP contribution >= 0.6 is 0 Å². The molecule has 0 radical (unpaired) electrons. The molecule has 9 nitrogen and oxygen atoms in total. The van der Waals surface area contributed by atoms with Gasteiger partial charge >= 0.3 is 5.97 Å². The van der Waals surface area contributed by atoms with Gasteiger partial charge in [-0.25, -0.2) is 10.3 Å². The predicted molar refractivity (Wildman–Crippen MR) is 157 cm³/mol. The van der Waals surface area contributed by atoms with E-state index < -0.39 is 11.9 Å². The summed E-state index contributed by atoms with van der Waals surface area (Å²) in [5, 5.41) is 9.86. The first-order chi connectivity index (χ1) is 19.9. The molecule has 4 rings (SSSR count). The maximum Gasteiger partial charge on any atom is 0.338 e. The normalized spacial score (nSPS) is 11.2. The van der Waals surface area contributed by atoms with Gasteiger partial charge in [-0.1, -0.05) is 42.5 Å². The number of hydroxylamine groups is 1. The van der Waals surface area contributed by atoms with Gasteiger partial charge in [-0.2, -0.15) is 0 Å². The minimum atomic E-state index is -0.588. The van der Waals surface area contributed by atoms with Crippen molar-refractivity contribution in [2.24, 2.45) is 0 Å². The van der Waals surface area contributed by atoms with E-state index in [9.17, 15) is 9.59 Å². The number of benzene rings is 3. The molecule has 0 aliphatic carbocycles. The van der Waals surface area contributed by atoms with Crippen molar-refractivity contribution in [2.45, 2.75) is 19.9 Å². The van der Waals surface area contributed by atoms with Gasteiger partial charge in [0.1, 0.15) is 18.1 Å². The highest BCUT2D eigenvalue weighted by atomic mass is 16.5. The number of para-hydroxylation sites is 1. The third kappa shape index (κ3) is 7.75. The van der Waals surface area contributed by atoms with Gasteiger partial charge in [-0.05, 0) is 54.3 Å². The highest BCUT2D eigenvalue weighted by Gasteiger charge is 2.16. The molecule has 1 heterocycles. The van der Waals surface area contributed by atoms with Crippen LogP contribution in [0.2, 0.25) is 0 Å². The van der Waals surface area contributed by atoms with Crippen LogP contribution in [-0.2, 0) is 22.5 Å². The van der Waals surface area contributed by atoms with E-state index in [2.05, 4.69) is 22.0 Å². The lowest BCUT2D eigenvalue weighted by Gasteiger charge is -2.22. The molecule has 3 N–H and O–H groups in total. The summed E-state index contributed by atoms with van der Waals surface area (Å²) in [6.45, 7) is 4.01. The maximum absolute atomic E-state index is 12.9. The first-order valence-electron chi connectivity index (χ1n) is 13.3. The average molecular weight is 558 g/mol. The van der Waals surface area contributed by atoms with Crippen LogP contribution in [0.5, 0.6) is 11.5 Å². The zero-order chi connectivity index (χ0) is 29.2. The number of aromatic amines is 1. The van der Waals surface area contributed by atoms with Crippen LogP contribution in [0.15, 0.2) is 72.9 Å². The average Bonchev–Trinajstić information content (AvgIpc) is 3.42. The number of aromatic nitrogens is 1. The van der Waals surface area contributed by atoms with Crippen molar-refractivity contribution in [1.29, 1.82) is 0 Å². The minimum absolute atomic E-state index is 0.211. The van der Waals surface area contributed by atoms with E-state index in [-0.39, 0.29) is 6.61 Å².